The molecule has 2 aliphatic heterocycles. The summed E-state index contributed by atoms with van der Waals surface area (Å²) < 4.78 is 23.8. The fourth-order valence-corrected chi connectivity index (χ4v) is 4.79. The molecule has 3 aliphatic rings. The molecule has 180 valence electrons. The van der Waals surface area contributed by atoms with E-state index in [-0.39, 0.29) is 35.4 Å². The van der Waals surface area contributed by atoms with Crippen LogP contribution in [0.5, 0.6) is 0 Å². The topological polar surface area (TPSA) is 97.9 Å². The monoisotopic (exact) mass is 458 g/mol. The third-order valence-corrected chi connectivity index (χ3v) is 6.53. The average molecular weight is 459 g/mol. The summed E-state index contributed by atoms with van der Waals surface area (Å²) in [6, 6.07) is 0. The molecule has 0 amide bonds. The number of ether oxygens (including phenoxy) is 4. The second kappa shape index (κ2) is 10.6. The fraction of sp³-hybridized carbons (Fsp3) is 0.538. The van der Waals surface area contributed by atoms with Gasteiger partial charge >= 0.3 is 11.9 Å². The summed E-state index contributed by atoms with van der Waals surface area (Å²) in [5, 5.41) is 8.51. The van der Waals surface area contributed by atoms with Gasteiger partial charge in [-0.25, -0.2) is 9.59 Å². The van der Waals surface area contributed by atoms with Gasteiger partial charge in [0.05, 0.1) is 18.6 Å². The van der Waals surface area contributed by atoms with Crippen molar-refractivity contribution in [3.63, 3.8) is 0 Å². The Balaban J connectivity index is 1.59. The van der Waals surface area contributed by atoms with Gasteiger partial charge in [-0.05, 0) is 40.0 Å². The summed E-state index contributed by atoms with van der Waals surface area (Å²) in [5.74, 6) is -1.45. The van der Waals surface area contributed by atoms with Crippen molar-refractivity contribution in [1.82, 2.24) is 0 Å². The fourth-order valence-electron chi connectivity index (χ4n) is 4.79. The molecule has 0 aromatic carbocycles. The molecule has 0 aromatic rings. The molecule has 2 heterocycles. The molecule has 3 fully saturated rings. The zero-order valence-corrected chi connectivity index (χ0v) is 19.7. The number of carbonyl (C=O) groups is 2. The highest BCUT2D eigenvalue weighted by Crippen LogP contribution is 2.59. The van der Waals surface area contributed by atoms with Crippen LogP contribution in [0.25, 0.3) is 0 Å². The summed E-state index contributed by atoms with van der Waals surface area (Å²) in [6.45, 7) is 6.96. The smallest absolute Gasteiger partial charge is 0.331 e. The molecule has 1 saturated carbocycles. The van der Waals surface area contributed by atoms with Crippen LogP contribution in [0, 0.1) is 5.92 Å². The van der Waals surface area contributed by atoms with Gasteiger partial charge in [0.1, 0.15) is 23.4 Å². The second-order valence-corrected chi connectivity index (χ2v) is 9.18. The number of carboxylic acid groups (broad SMARTS) is 1. The molecular weight excluding hydrogens is 424 g/mol. The Morgan fingerprint density at radius 1 is 1.09 bits per heavy atom. The molecule has 33 heavy (non-hydrogen) atoms. The number of methoxy groups -OCH3 is 1. The van der Waals surface area contributed by atoms with E-state index in [4.69, 9.17) is 24.1 Å². The quantitative estimate of drug-likeness (QED) is 0.174. The minimum Gasteiger partial charge on any atom is -0.478 e. The average Bonchev–Trinajstić information content (AvgIpc) is 3.67. The lowest BCUT2D eigenvalue weighted by Crippen LogP contribution is -2.55. The summed E-state index contributed by atoms with van der Waals surface area (Å²) in [4.78, 5) is 22.8. The number of carboxylic acids is 1. The van der Waals surface area contributed by atoms with E-state index in [9.17, 15) is 9.59 Å². The number of epoxide rings is 2. The van der Waals surface area contributed by atoms with Gasteiger partial charge in [0.25, 0.3) is 0 Å². The van der Waals surface area contributed by atoms with Crippen LogP contribution < -0.4 is 0 Å². The van der Waals surface area contributed by atoms with Crippen molar-refractivity contribution in [3.05, 3.63) is 60.3 Å². The molecular formula is C26H34O7. The minimum atomic E-state index is -1.00. The molecule has 2 saturated heterocycles. The number of carbonyl (C=O) groups excluding carboxylic acids is 1. The van der Waals surface area contributed by atoms with E-state index in [1.54, 1.807) is 37.5 Å². The first-order chi connectivity index (χ1) is 15.7. The lowest BCUT2D eigenvalue weighted by Gasteiger charge is -2.42. The number of esters is 1. The molecule has 1 aliphatic carbocycles. The highest BCUT2D eigenvalue weighted by Gasteiger charge is 2.72. The third-order valence-electron chi connectivity index (χ3n) is 6.53. The van der Waals surface area contributed by atoms with Crippen LogP contribution in [0.3, 0.4) is 0 Å². The van der Waals surface area contributed by atoms with Crippen LogP contribution in [0.2, 0.25) is 0 Å². The van der Waals surface area contributed by atoms with Crippen LogP contribution in [0.4, 0.5) is 0 Å². The highest BCUT2D eigenvalue weighted by atomic mass is 16.6. The Morgan fingerprint density at radius 2 is 1.73 bits per heavy atom. The highest BCUT2D eigenvalue weighted by molar-refractivity contribution is 5.82. The van der Waals surface area contributed by atoms with E-state index in [1.165, 1.54) is 17.7 Å². The third kappa shape index (κ3) is 6.31. The Morgan fingerprint density at radius 3 is 2.30 bits per heavy atom. The lowest BCUT2D eigenvalue weighted by molar-refractivity contribution is -0.166. The molecule has 0 aromatic heterocycles. The SMILES string of the molecule is CO[C@H]1[C@@H]([C@@]2(C)O[C@@H]2CC=C(C)C)[C@]2(CC[C@H]1OC(=O)C=CC=CC=CC=CC(=O)O)CO2. The van der Waals surface area contributed by atoms with Crippen LogP contribution in [-0.2, 0) is 28.5 Å². The minimum absolute atomic E-state index is 0.00928. The van der Waals surface area contributed by atoms with Crippen LogP contribution in [0.1, 0.15) is 40.0 Å². The largest absolute Gasteiger partial charge is 0.478 e. The van der Waals surface area contributed by atoms with E-state index in [0.29, 0.717) is 13.0 Å². The molecule has 0 bridgehead atoms. The number of hydrogen-bond donors (Lipinski definition) is 1. The van der Waals surface area contributed by atoms with Gasteiger partial charge < -0.3 is 24.1 Å². The number of rotatable bonds is 10. The maximum Gasteiger partial charge on any atom is 0.331 e. The summed E-state index contributed by atoms with van der Waals surface area (Å²) in [7, 11) is 1.65. The molecule has 0 radical (unpaired) electrons. The summed E-state index contributed by atoms with van der Waals surface area (Å²) in [6.07, 6.45) is 16.0. The maximum atomic E-state index is 12.4. The molecule has 1 N–H and O–H groups in total. The van der Waals surface area contributed by atoms with Crippen molar-refractivity contribution in [2.24, 2.45) is 5.92 Å². The van der Waals surface area contributed by atoms with Crippen molar-refractivity contribution in [2.75, 3.05) is 13.7 Å². The molecule has 7 heteroatoms. The Kier molecular flexibility index (Phi) is 8.10. The zero-order valence-electron chi connectivity index (χ0n) is 19.7. The first kappa shape index (κ1) is 25.1. The van der Waals surface area contributed by atoms with E-state index in [0.717, 1.165) is 18.9 Å². The van der Waals surface area contributed by atoms with Crippen LogP contribution in [-0.4, -0.2) is 60.3 Å². The maximum absolute atomic E-state index is 12.4. The van der Waals surface area contributed by atoms with Gasteiger partial charge in [-0.2, -0.15) is 0 Å². The van der Waals surface area contributed by atoms with Gasteiger partial charge in [0.2, 0.25) is 0 Å². The lowest BCUT2D eigenvalue weighted by atomic mass is 9.68. The zero-order chi connectivity index (χ0) is 24.1. The number of allylic oxidation sites excluding steroid dienone is 7. The van der Waals surface area contributed by atoms with E-state index < -0.39 is 11.9 Å². The first-order valence-electron chi connectivity index (χ1n) is 11.3. The van der Waals surface area contributed by atoms with Crippen molar-refractivity contribution >= 4 is 11.9 Å². The standard InChI is InChI=1S/C26H34O7/c1-18(2)13-14-20-25(3,33-20)24-23(30-4)19(15-16-26(24)17-31-26)32-22(29)12-10-8-6-5-7-9-11-21(27)28/h5-13,19-20,23-24H,14-17H2,1-4H3,(H,27,28)/t19-,20-,23-,24+,25+,26+/m1/s1. The van der Waals surface area contributed by atoms with E-state index >= 15 is 0 Å². The number of hydrogen-bond acceptors (Lipinski definition) is 6. The van der Waals surface area contributed by atoms with Crippen molar-refractivity contribution < 1.29 is 33.6 Å². The summed E-state index contributed by atoms with van der Waals surface area (Å²) >= 11 is 0. The van der Waals surface area contributed by atoms with Gasteiger partial charge in [-0.1, -0.05) is 48.1 Å². The van der Waals surface area contributed by atoms with Crippen molar-refractivity contribution in [1.29, 1.82) is 0 Å². The normalized spacial score (nSPS) is 35.6. The molecule has 1 spiro atoms. The van der Waals surface area contributed by atoms with E-state index in [1.807, 2.05) is 0 Å². The van der Waals surface area contributed by atoms with Crippen LogP contribution in [0.15, 0.2) is 60.3 Å². The van der Waals surface area contributed by atoms with Gasteiger partial charge in [-0.15, -0.1) is 0 Å². The van der Waals surface area contributed by atoms with Crippen molar-refractivity contribution in [3.8, 4) is 0 Å². The Hall–Kier alpha value is -2.48. The first-order valence-corrected chi connectivity index (χ1v) is 11.3. The van der Waals surface area contributed by atoms with Gasteiger partial charge in [0, 0.05) is 19.3 Å². The van der Waals surface area contributed by atoms with Crippen molar-refractivity contribution in [2.45, 2.75) is 69.5 Å². The van der Waals surface area contributed by atoms with Gasteiger partial charge in [-0.3, -0.25) is 0 Å². The Labute approximate surface area is 195 Å². The van der Waals surface area contributed by atoms with E-state index in [2.05, 4.69) is 26.8 Å². The molecule has 6 atom stereocenters. The summed E-state index contributed by atoms with van der Waals surface area (Å²) in [5.41, 5.74) is 0.642. The number of aliphatic carboxylic acids is 1. The predicted molar refractivity (Wildman–Crippen MR) is 124 cm³/mol. The molecule has 0 unspecified atom stereocenters. The molecule has 7 nitrogen and oxygen atoms in total. The predicted octanol–water partition coefficient (Wildman–Crippen LogP) is 3.92. The molecule has 3 rings (SSSR count). The second-order valence-electron chi connectivity index (χ2n) is 9.18. The van der Waals surface area contributed by atoms with Crippen LogP contribution >= 0.6 is 0 Å². The van der Waals surface area contributed by atoms with Gasteiger partial charge in [0.15, 0.2) is 0 Å². The Bertz CT molecular complexity index is 873.